The van der Waals surface area contributed by atoms with Crippen molar-refractivity contribution in [3.63, 3.8) is 0 Å². The van der Waals surface area contributed by atoms with E-state index in [2.05, 4.69) is 28.2 Å². The molecule has 3 aromatic rings. The average molecular weight is 654 g/mol. The first-order chi connectivity index (χ1) is 22.8. The summed E-state index contributed by atoms with van der Waals surface area (Å²) in [5.41, 5.74) is 5.30. The number of aliphatic imine (C=N–C) groups is 1. The van der Waals surface area contributed by atoms with Crippen molar-refractivity contribution >= 4 is 27.7 Å². The summed E-state index contributed by atoms with van der Waals surface area (Å²) in [4.78, 5) is 29.1. The summed E-state index contributed by atoms with van der Waals surface area (Å²) in [6, 6.07) is 14.7. The predicted octanol–water partition coefficient (Wildman–Crippen LogP) is 7.37. The molecular formula is C37H43N5O4S. The number of hydrogen-bond acceptors (Lipinski definition) is 8. The molecule has 246 valence electrons. The molecule has 1 N–H and O–H groups in total. The maximum atomic E-state index is 13.2. The lowest BCUT2D eigenvalue weighted by Crippen LogP contribution is -2.39. The van der Waals surface area contributed by atoms with Gasteiger partial charge in [0.05, 0.1) is 23.9 Å². The molecule has 0 unspecified atom stereocenters. The molecule has 3 aliphatic rings. The van der Waals surface area contributed by atoms with Crippen LogP contribution >= 0.6 is 0 Å². The normalized spacial score (nSPS) is 17.2. The highest BCUT2D eigenvalue weighted by Crippen LogP contribution is 2.39. The molecule has 47 heavy (non-hydrogen) atoms. The van der Waals surface area contributed by atoms with E-state index in [0.717, 1.165) is 78.9 Å². The summed E-state index contributed by atoms with van der Waals surface area (Å²) in [5, 5.41) is 0. The molecule has 2 aromatic carbocycles. The van der Waals surface area contributed by atoms with Gasteiger partial charge < -0.3 is 4.74 Å². The van der Waals surface area contributed by atoms with E-state index in [1.54, 1.807) is 36.7 Å². The van der Waals surface area contributed by atoms with Crippen LogP contribution in [0, 0.1) is 11.8 Å². The van der Waals surface area contributed by atoms with Crippen molar-refractivity contribution in [3.05, 3.63) is 90.0 Å². The number of amides is 1. The first-order valence-electron chi connectivity index (χ1n) is 16.8. The second-order valence-electron chi connectivity index (χ2n) is 12.5. The molecule has 0 radical (unpaired) electrons. The first-order valence-corrected chi connectivity index (χ1v) is 18.3. The number of aromatic nitrogens is 2. The van der Waals surface area contributed by atoms with Crippen LogP contribution in [0.5, 0.6) is 5.75 Å². The number of carbonyl (C=O) groups is 1. The number of unbranched alkanes of at least 4 members (excludes halogenated alkanes) is 1. The highest BCUT2D eigenvalue weighted by Gasteiger charge is 2.35. The van der Waals surface area contributed by atoms with Crippen LogP contribution in [0.3, 0.4) is 0 Å². The Hall–Kier alpha value is -4.31. The van der Waals surface area contributed by atoms with Crippen LogP contribution in [-0.4, -0.2) is 36.7 Å². The van der Waals surface area contributed by atoms with E-state index in [1.807, 2.05) is 36.1 Å². The summed E-state index contributed by atoms with van der Waals surface area (Å²) in [6.45, 7) is 9.27. The van der Waals surface area contributed by atoms with Crippen molar-refractivity contribution in [2.75, 3.05) is 11.5 Å². The number of sulfonamides is 1. The number of nitrogens with one attached hydrogen (secondary N) is 1. The number of nitrogens with zero attached hydrogens (tertiary/aromatic N) is 4. The quantitative estimate of drug-likeness (QED) is 0.205. The number of hydrogen-bond donors (Lipinski definition) is 1. The van der Waals surface area contributed by atoms with Crippen molar-refractivity contribution in [1.82, 2.24) is 14.7 Å². The van der Waals surface area contributed by atoms with Crippen molar-refractivity contribution < 1.29 is 17.9 Å². The number of carbonyl (C=O) groups excluding carboxylic acids is 1. The molecular weight excluding hydrogens is 611 g/mol. The molecule has 10 heteroatoms. The first kappa shape index (κ1) is 32.6. The highest BCUT2D eigenvalue weighted by atomic mass is 32.2. The van der Waals surface area contributed by atoms with E-state index in [0.29, 0.717) is 36.2 Å². The zero-order valence-corrected chi connectivity index (χ0v) is 28.1. The van der Waals surface area contributed by atoms with Crippen molar-refractivity contribution in [2.24, 2.45) is 16.8 Å². The van der Waals surface area contributed by atoms with Gasteiger partial charge in [-0.2, -0.15) is 0 Å². The third-order valence-electron chi connectivity index (χ3n) is 9.06. The fourth-order valence-electron chi connectivity index (χ4n) is 6.36. The SMILES string of the molecule is C=C1C(Cc2ccc(-c3ccccc3S(=O)(=O)NC(=O)C3CC3)cc2)=C(CCCC)N=C(C2CCCC2)N1c1ncc(OCC)cn1. The largest absolute Gasteiger partial charge is 0.491 e. The number of benzene rings is 2. The zero-order chi connectivity index (χ0) is 33.0. The Morgan fingerprint density at radius 1 is 1.00 bits per heavy atom. The molecule has 0 atom stereocenters. The molecule has 2 heterocycles. The third kappa shape index (κ3) is 7.32. The van der Waals surface area contributed by atoms with Gasteiger partial charge >= 0.3 is 0 Å². The fourth-order valence-corrected chi connectivity index (χ4v) is 7.63. The lowest BCUT2D eigenvalue weighted by molar-refractivity contribution is -0.120. The summed E-state index contributed by atoms with van der Waals surface area (Å²) in [6.07, 6.45) is 12.9. The number of allylic oxidation sites excluding steroid dienone is 2. The molecule has 2 fully saturated rings. The minimum absolute atomic E-state index is 0.0896. The van der Waals surface area contributed by atoms with Gasteiger partial charge in [-0.1, -0.05) is 75.2 Å². The van der Waals surface area contributed by atoms with Crippen LogP contribution in [0.15, 0.2) is 94.4 Å². The maximum absolute atomic E-state index is 13.2. The van der Waals surface area contributed by atoms with Crippen LogP contribution < -0.4 is 14.4 Å². The smallest absolute Gasteiger partial charge is 0.264 e. The van der Waals surface area contributed by atoms with Crippen molar-refractivity contribution in [1.29, 1.82) is 0 Å². The third-order valence-corrected chi connectivity index (χ3v) is 10.5. The molecule has 2 aliphatic carbocycles. The van der Waals surface area contributed by atoms with Gasteiger partial charge in [0, 0.05) is 40.8 Å². The van der Waals surface area contributed by atoms with E-state index in [4.69, 9.17) is 9.73 Å². The molecule has 1 aliphatic heterocycles. The fraction of sp³-hybridized carbons (Fsp3) is 0.405. The summed E-state index contributed by atoms with van der Waals surface area (Å²) < 4.78 is 34.3. The van der Waals surface area contributed by atoms with Crippen LogP contribution in [0.25, 0.3) is 11.1 Å². The molecule has 6 rings (SSSR count). The number of amidine groups is 1. The summed E-state index contributed by atoms with van der Waals surface area (Å²) >= 11 is 0. The minimum atomic E-state index is -4.01. The van der Waals surface area contributed by atoms with E-state index in [1.165, 1.54) is 12.8 Å². The van der Waals surface area contributed by atoms with E-state index in [9.17, 15) is 13.2 Å². The van der Waals surface area contributed by atoms with Crippen LogP contribution in [0.1, 0.15) is 77.2 Å². The van der Waals surface area contributed by atoms with Crippen LogP contribution in [-0.2, 0) is 21.2 Å². The molecule has 0 spiro atoms. The van der Waals surface area contributed by atoms with Gasteiger partial charge in [-0.05, 0) is 62.6 Å². The standard InChI is InChI=1S/C37H43N5O4S/c1-4-6-14-33-32(25(3)42(35(40-33)28-11-7-8-12-28)37-38-23-30(24-39-37)46-5-2)22-26-16-18-27(19-17-26)31-13-9-10-15-34(31)47(44,45)41-36(43)29-20-21-29/h9-10,13,15-19,23-24,28-29H,3-8,11-12,14,20-22H2,1-2H3,(H,41,43). The predicted molar refractivity (Wildman–Crippen MR) is 184 cm³/mol. The van der Waals surface area contributed by atoms with E-state index in [-0.39, 0.29) is 10.8 Å². The van der Waals surface area contributed by atoms with Gasteiger partial charge in [0.2, 0.25) is 11.9 Å². The van der Waals surface area contributed by atoms with Gasteiger partial charge in [0.25, 0.3) is 10.0 Å². The van der Waals surface area contributed by atoms with Gasteiger partial charge in [-0.15, -0.1) is 0 Å². The lowest BCUT2D eigenvalue weighted by atomic mass is 9.93. The summed E-state index contributed by atoms with van der Waals surface area (Å²) in [5.74, 6) is 1.82. The second-order valence-corrected chi connectivity index (χ2v) is 14.2. The molecule has 9 nitrogen and oxygen atoms in total. The maximum Gasteiger partial charge on any atom is 0.264 e. The van der Waals surface area contributed by atoms with Crippen molar-refractivity contribution in [2.45, 2.75) is 83.0 Å². The topological polar surface area (TPSA) is 114 Å². The van der Waals surface area contributed by atoms with Gasteiger partial charge in [0.1, 0.15) is 5.84 Å². The Kier molecular flexibility index (Phi) is 9.87. The molecule has 2 saturated carbocycles. The summed E-state index contributed by atoms with van der Waals surface area (Å²) in [7, 11) is -4.01. The van der Waals surface area contributed by atoms with Gasteiger partial charge in [-0.3, -0.25) is 9.69 Å². The Labute approximate surface area is 277 Å². The monoisotopic (exact) mass is 653 g/mol. The highest BCUT2D eigenvalue weighted by molar-refractivity contribution is 7.90. The Bertz CT molecular complexity index is 1790. The van der Waals surface area contributed by atoms with Crippen LogP contribution in [0.2, 0.25) is 0 Å². The zero-order valence-electron chi connectivity index (χ0n) is 27.2. The van der Waals surface area contributed by atoms with Gasteiger partial charge in [-0.25, -0.2) is 28.1 Å². The molecule has 1 amide bonds. The average Bonchev–Trinajstić information content (AvgIpc) is 3.80. The molecule has 0 saturated heterocycles. The molecule has 1 aromatic heterocycles. The number of rotatable bonds is 13. The Morgan fingerprint density at radius 2 is 1.70 bits per heavy atom. The Morgan fingerprint density at radius 3 is 2.36 bits per heavy atom. The number of anilines is 1. The lowest BCUT2D eigenvalue weighted by Gasteiger charge is -2.35. The van der Waals surface area contributed by atoms with Gasteiger partial charge in [0.15, 0.2) is 5.75 Å². The van der Waals surface area contributed by atoms with Crippen molar-refractivity contribution in [3.8, 4) is 16.9 Å². The Balaban J connectivity index is 1.31. The molecule has 0 bridgehead atoms. The second kappa shape index (κ2) is 14.2. The van der Waals surface area contributed by atoms with Crippen LogP contribution in [0.4, 0.5) is 5.95 Å². The minimum Gasteiger partial charge on any atom is -0.491 e. The number of ether oxygens (including phenoxy) is 1. The van der Waals surface area contributed by atoms with E-state index < -0.39 is 15.9 Å². The van der Waals surface area contributed by atoms with E-state index >= 15 is 0 Å².